The Kier molecular flexibility index (Phi) is 4.77. The number of sulfone groups is 1. The van der Waals surface area contributed by atoms with Crippen molar-refractivity contribution >= 4 is 9.84 Å². The summed E-state index contributed by atoms with van der Waals surface area (Å²) in [6.07, 6.45) is 9.28. The van der Waals surface area contributed by atoms with Gasteiger partial charge in [0.25, 0.3) is 0 Å². The van der Waals surface area contributed by atoms with Crippen molar-refractivity contribution in [3.63, 3.8) is 0 Å². The molecule has 1 N–H and O–H groups in total. The number of H-pyrrole nitrogens is 1. The number of aromatic amines is 1. The highest BCUT2D eigenvalue weighted by molar-refractivity contribution is 7.90. The molecule has 3 rings (SSSR count). The number of likely N-dealkylation sites (tertiary alicyclic amines) is 1. The number of pyridine rings is 1. The Hall–Kier alpha value is -1.73. The maximum Gasteiger partial charge on any atom is 0.178 e. The summed E-state index contributed by atoms with van der Waals surface area (Å²) in [6.45, 7) is 2.98. The van der Waals surface area contributed by atoms with E-state index in [1.54, 1.807) is 0 Å². The van der Waals surface area contributed by atoms with Crippen LogP contribution in [0.25, 0.3) is 0 Å². The molecular formula is C16H22N4O2S. The highest BCUT2D eigenvalue weighted by Crippen LogP contribution is 2.24. The number of nitrogens with one attached hydrogen (secondary N) is 1. The van der Waals surface area contributed by atoms with Gasteiger partial charge >= 0.3 is 0 Å². The third kappa shape index (κ3) is 4.17. The molecule has 0 radical (unpaired) electrons. The van der Waals surface area contributed by atoms with Crippen LogP contribution in [0.1, 0.15) is 24.1 Å². The number of hydrogen-bond acceptors (Lipinski definition) is 5. The highest BCUT2D eigenvalue weighted by Gasteiger charge is 2.24. The maximum absolute atomic E-state index is 11.8. The van der Waals surface area contributed by atoms with Gasteiger partial charge in [0.2, 0.25) is 0 Å². The van der Waals surface area contributed by atoms with Crippen LogP contribution in [0.2, 0.25) is 0 Å². The Morgan fingerprint density at radius 1 is 1.35 bits per heavy atom. The third-order valence-corrected chi connectivity index (χ3v) is 5.48. The topological polar surface area (TPSA) is 79.0 Å². The number of rotatable bonds is 5. The lowest BCUT2D eigenvalue weighted by atomic mass is 9.93. The minimum atomic E-state index is -3.22. The van der Waals surface area contributed by atoms with Crippen molar-refractivity contribution < 1.29 is 8.42 Å². The van der Waals surface area contributed by atoms with Crippen LogP contribution in [0.4, 0.5) is 0 Å². The molecule has 0 aromatic carbocycles. The van der Waals surface area contributed by atoms with E-state index in [4.69, 9.17) is 0 Å². The molecule has 1 atom stereocenters. The van der Waals surface area contributed by atoms with E-state index in [1.165, 1.54) is 18.0 Å². The van der Waals surface area contributed by atoms with Crippen molar-refractivity contribution in [2.24, 2.45) is 5.92 Å². The van der Waals surface area contributed by atoms with Gasteiger partial charge in [0, 0.05) is 31.7 Å². The second kappa shape index (κ2) is 6.80. The smallest absolute Gasteiger partial charge is 0.178 e. The van der Waals surface area contributed by atoms with Crippen LogP contribution in [0.3, 0.4) is 0 Å². The first kappa shape index (κ1) is 16.1. The molecule has 3 heterocycles. The fraction of sp³-hybridized carbons (Fsp3) is 0.500. The van der Waals surface area contributed by atoms with Gasteiger partial charge in [-0.1, -0.05) is 0 Å². The third-order valence-electron chi connectivity index (χ3n) is 4.33. The van der Waals surface area contributed by atoms with E-state index in [-0.39, 0.29) is 0 Å². The van der Waals surface area contributed by atoms with Crippen LogP contribution in [0.15, 0.2) is 35.6 Å². The zero-order valence-electron chi connectivity index (χ0n) is 13.3. The van der Waals surface area contributed by atoms with Crippen LogP contribution in [0.5, 0.6) is 0 Å². The molecule has 124 valence electrons. The van der Waals surface area contributed by atoms with Crippen LogP contribution < -0.4 is 0 Å². The Bertz CT molecular complexity index is 742. The molecule has 23 heavy (non-hydrogen) atoms. The van der Waals surface area contributed by atoms with E-state index in [9.17, 15) is 8.42 Å². The quantitative estimate of drug-likeness (QED) is 0.900. The lowest BCUT2D eigenvalue weighted by Gasteiger charge is -2.32. The van der Waals surface area contributed by atoms with Crippen molar-refractivity contribution in [2.75, 3.05) is 19.3 Å². The van der Waals surface area contributed by atoms with Crippen LogP contribution in [-0.4, -0.2) is 47.8 Å². The summed E-state index contributed by atoms with van der Waals surface area (Å²) in [5, 5.41) is 6.78. The van der Waals surface area contributed by atoms with Crippen LogP contribution >= 0.6 is 0 Å². The summed E-state index contributed by atoms with van der Waals surface area (Å²) in [4.78, 5) is 6.82. The summed E-state index contributed by atoms with van der Waals surface area (Å²) in [5.41, 5.74) is 2.00. The highest BCUT2D eigenvalue weighted by atomic mass is 32.2. The predicted octanol–water partition coefficient (Wildman–Crippen LogP) is 1.66. The average molecular weight is 334 g/mol. The molecule has 0 unspecified atom stereocenters. The molecule has 0 spiro atoms. The zero-order valence-corrected chi connectivity index (χ0v) is 14.1. The van der Waals surface area contributed by atoms with Gasteiger partial charge in [0.1, 0.15) is 4.90 Å². The van der Waals surface area contributed by atoms with Gasteiger partial charge < -0.3 is 0 Å². The van der Waals surface area contributed by atoms with Gasteiger partial charge in [-0.05, 0) is 49.4 Å². The van der Waals surface area contributed by atoms with E-state index in [1.807, 2.05) is 24.5 Å². The first-order chi connectivity index (χ1) is 11.0. The number of aromatic nitrogens is 3. The second-order valence-electron chi connectivity index (χ2n) is 6.29. The van der Waals surface area contributed by atoms with Gasteiger partial charge in [-0.25, -0.2) is 8.42 Å². The molecule has 1 fully saturated rings. The maximum atomic E-state index is 11.8. The Morgan fingerprint density at radius 3 is 2.87 bits per heavy atom. The van der Waals surface area contributed by atoms with Crippen molar-refractivity contribution in [1.29, 1.82) is 0 Å². The number of piperidine rings is 1. The SMILES string of the molecule is CS(=O)(=O)c1cn[nH]c1C[C@H]1CCCN(Cc2ccncc2)C1. The summed E-state index contributed by atoms with van der Waals surface area (Å²) in [6, 6.07) is 4.08. The molecule has 7 heteroatoms. The van der Waals surface area contributed by atoms with Crippen LogP contribution in [-0.2, 0) is 22.8 Å². The Morgan fingerprint density at radius 2 is 2.13 bits per heavy atom. The van der Waals surface area contributed by atoms with Crippen LogP contribution in [0, 0.1) is 5.92 Å². The monoisotopic (exact) mass is 334 g/mol. The number of nitrogens with zero attached hydrogens (tertiary/aromatic N) is 3. The first-order valence-corrected chi connectivity index (χ1v) is 9.75. The first-order valence-electron chi connectivity index (χ1n) is 7.86. The summed E-state index contributed by atoms with van der Waals surface area (Å²) in [7, 11) is -3.22. The molecule has 2 aromatic rings. The second-order valence-corrected chi connectivity index (χ2v) is 8.27. The molecule has 6 nitrogen and oxygen atoms in total. The fourth-order valence-corrected chi connectivity index (χ4v) is 4.08. The Labute approximate surface area is 136 Å². The van der Waals surface area contributed by atoms with E-state index in [0.717, 1.165) is 44.6 Å². The van der Waals surface area contributed by atoms with E-state index >= 15 is 0 Å². The minimum Gasteiger partial charge on any atom is -0.299 e. The van der Waals surface area contributed by atoms with Gasteiger partial charge in [0.15, 0.2) is 9.84 Å². The molecule has 1 aliphatic heterocycles. The fourth-order valence-electron chi connectivity index (χ4n) is 3.26. The summed E-state index contributed by atoms with van der Waals surface area (Å²) in [5.74, 6) is 0.450. The minimum absolute atomic E-state index is 0.337. The lowest BCUT2D eigenvalue weighted by Crippen LogP contribution is -2.35. The lowest BCUT2D eigenvalue weighted by molar-refractivity contribution is 0.166. The molecule has 2 aromatic heterocycles. The van der Waals surface area contributed by atoms with Crippen molar-refractivity contribution in [3.8, 4) is 0 Å². The molecule has 0 amide bonds. The van der Waals surface area contributed by atoms with Crippen molar-refractivity contribution in [3.05, 3.63) is 42.0 Å². The number of hydrogen-bond donors (Lipinski definition) is 1. The normalized spacial score (nSPS) is 19.8. The molecular weight excluding hydrogens is 312 g/mol. The Balaban J connectivity index is 1.64. The van der Waals surface area contributed by atoms with Crippen molar-refractivity contribution in [2.45, 2.75) is 30.7 Å². The molecule has 0 saturated carbocycles. The molecule has 1 aliphatic rings. The molecule has 0 aliphatic carbocycles. The van der Waals surface area contributed by atoms with Gasteiger partial charge in [-0.3, -0.25) is 15.0 Å². The molecule has 1 saturated heterocycles. The average Bonchev–Trinajstić information content (AvgIpc) is 2.97. The summed E-state index contributed by atoms with van der Waals surface area (Å²) < 4.78 is 23.6. The standard InChI is InChI=1S/C16H22N4O2S/c1-23(21,22)16-10-18-19-15(16)9-14-3-2-8-20(12-14)11-13-4-6-17-7-5-13/h4-7,10,14H,2-3,8-9,11-12H2,1H3,(H,18,19)/t14-/m1/s1. The van der Waals surface area contributed by atoms with Gasteiger partial charge in [-0.2, -0.15) is 5.10 Å². The van der Waals surface area contributed by atoms with Gasteiger partial charge in [-0.15, -0.1) is 0 Å². The van der Waals surface area contributed by atoms with E-state index in [2.05, 4.69) is 20.1 Å². The molecule has 0 bridgehead atoms. The van der Waals surface area contributed by atoms with Gasteiger partial charge in [0.05, 0.1) is 11.9 Å². The largest absolute Gasteiger partial charge is 0.299 e. The van der Waals surface area contributed by atoms with E-state index in [0.29, 0.717) is 10.8 Å². The van der Waals surface area contributed by atoms with Crippen molar-refractivity contribution in [1.82, 2.24) is 20.1 Å². The zero-order chi connectivity index (χ0) is 16.3. The predicted molar refractivity (Wildman–Crippen MR) is 87.6 cm³/mol. The summed E-state index contributed by atoms with van der Waals surface area (Å²) >= 11 is 0. The van der Waals surface area contributed by atoms with E-state index < -0.39 is 9.84 Å².